The van der Waals surface area contributed by atoms with E-state index in [4.69, 9.17) is 4.42 Å². The van der Waals surface area contributed by atoms with Gasteiger partial charge in [0.05, 0.1) is 16.7 Å². The van der Waals surface area contributed by atoms with Gasteiger partial charge in [0, 0.05) is 44.2 Å². The van der Waals surface area contributed by atoms with E-state index in [9.17, 15) is 0 Å². The smallest absolute Gasteiger partial charge is 0.136 e. The van der Waals surface area contributed by atoms with Gasteiger partial charge in [-0.25, -0.2) is 0 Å². The van der Waals surface area contributed by atoms with Crippen LogP contribution in [0.15, 0.2) is 223 Å². The van der Waals surface area contributed by atoms with Crippen molar-refractivity contribution in [2.45, 2.75) is 0 Å². The molecule has 3 heteroatoms. The molecule has 57 heavy (non-hydrogen) atoms. The summed E-state index contributed by atoms with van der Waals surface area (Å²) in [4.78, 5) is 2.41. The highest BCUT2D eigenvalue weighted by Gasteiger charge is 2.24. The van der Waals surface area contributed by atoms with E-state index in [1.807, 2.05) is 6.07 Å². The molecule has 0 fully saturated rings. The molecule has 11 rings (SSSR count). The highest BCUT2D eigenvalue weighted by Crippen LogP contribution is 2.48. The van der Waals surface area contributed by atoms with Gasteiger partial charge >= 0.3 is 0 Å². The summed E-state index contributed by atoms with van der Waals surface area (Å²) < 4.78 is 8.96. The number of aromatic nitrogens is 1. The number of fused-ring (bicyclic) bond motifs is 6. The molecule has 3 nitrogen and oxygen atoms in total. The van der Waals surface area contributed by atoms with Gasteiger partial charge in [0.25, 0.3) is 0 Å². The third-order valence-corrected chi connectivity index (χ3v) is 11.2. The number of benzene rings is 9. The van der Waals surface area contributed by atoms with Crippen molar-refractivity contribution in [3.05, 3.63) is 218 Å². The van der Waals surface area contributed by atoms with Crippen LogP contribution in [0, 0.1) is 0 Å². The fourth-order valence-corrected chi connectivity index (χ4v) is 8.60. The van der Waals surface area contributed by atoms with E-state index in [0.29, 0.717) is 0 Å². The van der Waals surface area contributed by atoms with Crippen LogP contribution in [0.1, 0.15) is 0 Å². The summed E-state index contributed by atoms with van der Waals surface area (Å²) in [5, 5.41) is 4.67. The Morgan fingerprint density at radius 2 is 0.912 bits per heavy atom. The highest BCUT2D eigenvalue weighted by atomic mass is 16.3. The van der Waals surface area contributed by atoms with Crippen LogP contribution < -0.4 is 4.90 Å². The molecular formula is C54H36N2O. The Kier molecular flexibility index (Phi) is 7.82. The predicted octanol–water partition coefficient (Wildman–Crippen LogP) is 15.2. The van der Waals surface area contributed by atoms with Crippen molar-refractivity contribution in [3.8, 4) is 39.1 Å². The molecule has 268 valence electrons. The fraction of sp³-hybridized carbons (Fsp3) is 0. The second-order valence-corrected chi connectivity index (χ2v) is 14.5. The lowest BCUT2D eigenvalue weighted by atomic mass is 9.93. The standard InChI is InChI=1S/C54H36N2O/c1-3-15-37(16-4-1)39-29-31-42(32-30-39)55(43-21-14-22-44(36-43)56-48-26-10-7-23-45(48)46-24-8-11-27-49(46)56)50-33-34-52-54(47-25-9-12-28-51(47)57-52)53(50)41-20-13-19-40(35-41)38-17-5-2-6-18-38/h1-36H. The quantitative estimate of drug-likeness (QED) is 0.163. The Bertz CT molecular complexity index is 3180. The van der Waals surface area contributed by atoms with Gasteiger partial charge in [-0.2, -0.15) is 0 Å². The molecule has 2 aromatic heterocycles. The molecule has 0 amide bonds. The Morgan fingerprint density at radius 3 is 1.63 bits per heavy atom. The van der Waals surface area contributed by atoms with Gasteiger partial charge in [-0.15, -0.1) is 0 Å². The van der Waals surface area contributed by atoms with Crippen molar-refractivity contribution < 1.29 is 4.42 Å². The SMILES string of the molecule is c1ccc(-c2ccc(N(c3cccc(-n4c5ccccc5c5ccccc54)c3)c3ccc4oc5ccccc5c4c3-c3cccc(-c4ccccc4)c3)cc2)cc1. The number of anilines is 3. The zero-order valence-corrected chi connectivity index (χ0v) is 31.1. The Balaban J connectivity index is 1.19. The lowest BCUT2D eigenvalue weighted by Crippen LogP contribution is -2.12. The van der Waals surface area contributed by atoms with Crippen molar-refractivity contribution >= 4 is 60.8 Å². The first kappa shape index (κ1) is 32.8. The molecule has 0 atom stereocenters. The summed E-state index contributed by atoms with van der Waals surface area (Å²) in [5.74, 6) is 0. The topological polar surface area (TPSA) is 21.3 Å². The first-order chi connectivity index (χ1) is 28.3. The average Bonchev–Trinajstić information content (AvgIpc) is 3.83. The molecule has 0 aliphatic heterocycles. The van der Waals surface area contributed by atoms with Gasteiger partial charge in [-0.3, -0.25) is 0 Å². The highest BCUT2D eigenvalue weighted by molar-refractivity contribution is 6.16. The maximum atomic E-state index is 6.57. The minimum atomic E-state index is 0.860. The van der Waals surface area contributed by atoms with Crippen LogP contribution in [-0.4, -0.2) is 4.57 Å². The molecule has 2 heterocycles. The molecule has 0 spiro atoms. The summed E-state index contributed by atoms with van der Waals surface area (Å²) in [6.07, 6.45) is 0. The van der Waals surface area contributed by atoms with Crippen molar-refractivity contribution in [3.63, 3.8) is 0 Å². The van der Waals surface area contributed by atoms with Crippen LogP contribution >= 0.6 is 0 Å². The van der Waals surface area contributed by atoms with E-state index in [2.05, 4.69) is 222 Å². The van der Waals surface area contributed by atoms with E-state index >= 15 is 0 Å². The van der Waals surface area contributed by atoms with Gasteiger partial charge in [-0.1, -0.05) is 152 Å². The van der Waals surface area contributed by atoms with Gasteiger partial charge in [-0.05, 0) is 94.5 Å². The van der Waals surface area contributed by atoms with Crippen LogP contribution in [0.5, 0.6) is 0 Å². The van der Waals surface area contributed by atoms with Crippen molar-refractivity contribution in [1.29, 1.82) is 0 Å². The third-order valence-electron chi connectivity index (χ3n) is 11.2. The minimum Gasteiger partial charge on any atom is -0.456 e. The monoisotopic (exact) mass is 728 g/mol. The van der Waals surface area contributed by atoms with Gasteiger partial charge in [0.2, 0.25) is 0 Å². The summed E-state index contributed by atoms with van der Waals surface area (Å²) in [7, 11) is 0. The van der Waals surface area contributed by atoms with Crippen LogP contribution in [-0.2, 0) is 0 Å². The predicted molar refractivity (Wildman–Crippen MR) is 239 cm³/mol. The minimum absolute atomic E-state index is 0.860. The number of furan rings is 1. The zero-order valence-electron chi connectivity index (χ0n) is 31.1. The fourth-order valence-electron chi connectivity index (χ4n) is 8.60. The molecule has 0 bridgehead atoms. The van der Waals surface area contributed by atoms with E-state index in [1.54, 1.807) is 0 Å². The molecule has 0 saturated heterocycles. The van der Waals surface area contributed by atoms with Gasteiger partial charge in [0.1, 0.15) is 11.2 Å². The van der Waals surface area contributed by atoms with E-state index in [1.165, 1.54) is 38.5 Å². The molecule has 0 N–H and O–H groups in total. The molecular weight excluding hydrogens is 693 g/mol. The van der Waals surface area contributed by atoms with Crippen LogP contribution in [0.4, 0.5) is 17.1 Å². The number of rotatable bonds is 7. The van der Waals surface area contributed by atoms with E-state index in [0.717, 1.165) is 61.4 Å². The zero-order chi connectivity index (χ0) is 37.7. The normalized spacial score (nSPS) is 11.5. The second-order valence-electron chi connectivity index (χ2n) is 14.5. The summed E-state index contributed by atoms with van der Waals surface area (Å²) >= 11 is 0. The first-order valence-corrected chi connectivity index (χ1v) is 19.4. The van der Waals surface area contributed by atoms with Gasteiger partial charge in [0.15, 0.2) is 0 Å². The van der Waals surface area contributed by atoms with Crippen LogP contribution in [0.3, 0.4) is 0 Å². The van der Waals surface area contributed by atoms with Crippen molar-refractivity contribution in [1.82, 2.24) is 4.57 Å². The van der Waals surface area contributed by atoms with E-state index < -0.39 is 0 Å². The molecule has 0 aliphatic carbocycles. The lowest BCUT2D eigenvalue weighted by Gasteiger charge is -2.29. The molecule has 0 radical (unpaired) electrons. The van der Waals surface area contributed by atoms with Crippen molar-refractivity contribution in [2.24, 2.45) is 0 Å². The van der Waals surface area contributed by atoms with Crippen LogP contribution in [0.2, 0.25) is 0 Å². The lowest BCUT2D eigenvalue weighted by molar-refractivity contribution is 0.669. The van der Waals surface area contributed by atoms with Crippen LogP contribution in [0.25, 0.3) is 82.8 Å². The number of para-hydroxylation sites is 3. The third kappa shape index (κ3) is 5.60. The molecule has 0 aliphatic rings. The number of hydrogen-bond acceptors (Lipinski definition) is 2. The van der Waals surface area contributed by atoms with Crippen molar-refractivity contribution in [2.75, 3.05) is 4.90 Å². The number of hydrogen-bond donors (Lipinski definition) is 0. The number of nitrogens with zero attached hydrogens (tertiary/aromatic N) is 2. The second kappa shape index (κ2) is 13.6. The summed E-state index contributed by atoms with van der Waals surface area (Å²) in [5.41, 5.74) is 15.3. The maximum Gasteiger partial charge on any atom is 0.136 e. The summed E-state index contributed by atoms with van der Waals surface area (Å²) in [6.45, 7) is 0. The Morgan fingerprint density at radius 1 is 0.351 bits per heavy atom. The van der Waals surface area contributed by atoms with E-state index in [-0.39, 0.29) is 0 Å². The largest absolute Gasteiger partial charge is 0.456 e. The first-order valence-electron chi connectivity index (χ1n) is 19.4. The molecule has 0 saturated carbocycles. The maximum absolute atomic E-state index is 6.57. The Hall–Kier alpha value is -7.62. The molecule has 9 aromatic carbocycles. The average molecular weight is 729 g/mol. The van der Waals surface area contributed by atoms with Gasteiger partial charge < -0.3 is 13.9 Å². The summed E-state index contributed by atoms with van der Waals surface area (Å²) in [6, 6.07) is 78.2. The molecule has 0 unspecified atom stereocenters. The molecule has 11 aromatic rings. The Labute approximate surface area is 330 Å².